The van der Waals surface area contributed by atoms with Crippen LogP contribution in [0.2, 0.25) is 0 Å². The Morgan fingerprint density at radius 2 is 1.83 bits per heavy atom. The third-order valence-corrected chi connectivity index (χ3v) is 1.83. The molecule has 1 atom stereocenters. The number of rotatable bonds is 3. The molecular formula is C10H14FeO. The van der Waals surface area contributed by atoms with Gasteiger partial charge < -0.3 is 4.74 Å². The minimum absolute atomic E-state index is 0. The van der Waals surface area contributed by atoms with Crippen molar-refractivity contribution in [3.05, 3.63) is 35.9 Å². The minimum atomic E-state index is 0. The Morgan fingerprint density at radius 3 is 2.25 bits per heavy atom. The first kappa shape index (κ1) is 11.7. The van der Waals surface area contributed by atoms with Crippen molar-refractivity contribution in [2.45, 2.75) is 19.4 Å². The Hall–Kier alpha value is -0.301. The molecule has 0 saturated carbocycles. The van der Waals surface area contributed by atoms with Gasteiger partial charge in [-0.2, -0.15) is 0 Å². The predicted octanol–water partition coefficient (Wildman–Crippen LogP) is 2.78. The van der Waals surface area contributed by atoms with Crippen molar-refractivity contribution < 1.29 is 21.8 Å². The van der Waals surface area contributed by atoms with Gasteiger partial charge in [0.05, 0.1) is 6.10 Å². The Morgan fingerprint density at radius 1 is 1.25 bits per heavy atom. The maximum Gasteiger partial charge on any atom is 0.0818 e. The summed E-state index contributed by atoms with van der Waals surface area (Å²) < 4.78 is 5.29. The molecular weight excluding hydrogens is 192 g/mol. The molecule has 0 fully saturated rings. The molecule has 0 N–H and O–H groups in total. The molecule has 1 aromatic carbocycles. The van der Waals surface area contributed by atoms with Crippen LogP contribution in [0.4, 0.5) is 0 Å². The van der Waals surface area contributed by atoms with E-state index in [2.05, 4.69) is 19.1 Å². The Bertz CT molecular complexity index is 194. The molecule has 2 heteroatoms. The second kappa shape index (κ2) is 6.24. The maximum absolute atomic E-state index is 5.29. The molecule has 0 aliphatic heterocycles. The van der Waals surface area contributed by atoms with Crippen LogP contribution >= 0.6 is 0 Å². The average Bonchev–Trinajstić information content (AvgIpc) is 2.09. The summed E-state index contributed by atoms with van der Waals surface area (Å²) in [6, 6.07) is 10.3. The predicted molar refractivity (Wildman–Crippen MR) is 46.5 cm³/mol. The molecule has 0 bridgehead atoms. The van der Waals surface area contributed by atoms with Gasteiger partial charge in [0, 0.05) is 24.2 Å². The molecule has 1 rings (SSSR count). The largest absolute Gasteiger partial charge is 0.377 e. The molecule has 0 aliphatic rings. The van der Waals surface area contributed by atoms with Crippen molar-refractivity contribution in [2.24, 2.45) is 0 Å². The molecule has 68 valence electrons. The SMILES string of the molecule is CCC(OC)c1ccccc1.[Fe]. The van der Waals surface area contributed by atoms with Crippen LogP contribution in [0.25, 0.3) is 0 Å². The summed E-state index contributed by atoms with van der Waals surface area (Å²) in [4.78, 5) is 0. The van der Waals surface area contributed by atoms with Crippen LogP contribution in [0.3, 0.4) is 0 Å². The van der Waals surface area contributed by atoms with Gasteiger partial charge in [-0.05, 0) is 12.0 Å². The van der Waals surface area contributed by atoms with E-state index in [0.29, 0.717) is 0 Å². The van der Waals surface area contributed by atoms with Crippen LogP contribution < -0.4 is 0 Å². The molecule has 1 nitrogen and oxygen atoms in total. The van der Waals surface area contributed by atoms with Gasteiger partial charge >= 0.3 is 0 Å². The number of ether oxygens (including phenoxy) is 1. The standard InChI is InChI=1S/C10H14O.Fe/c1-3-10(11-2)9-7-5-4-6-8-9;/h4-8,10H,3H2,1-2H3;. The number of hydrogen-bond donors (Lipinski definition) is 0. The monoisotopic (exact) mass is 206 g/mol. The first-order valence-corrected chi connectivity index (χ1v) is 3.96. The summed E-state index contributed by atoms with van der Waals surface area (Å²) in [7, 11) is 1.75. The van der Waals surface area contributed by atoms with E-state index < -0.39 is 0 Å². The van der Waals surface area contributed by atoms with Crippen LogP contribution in [-0.2, 0) is 21.8 Å². The van der Waals surface area contributed by atoms with E-state index in [9.17, 15) is 0 Å². The van der Waals surface area contributed by atoms with Crippen molar-refractivity contribution >= 4 is 0 Å². The third-order valence-electron chi connectivity index (χ3n) is 1.83. The summed E-state index contributed by atoms with van der Waals surface area (Å²) in [6.45, 7) is 2.13. The van der Waals surface area contributed by atoms with Gasteiger partial charge in [-0.25, -0.2) is 0 Å². The van der Waals surface area contributed by atoms with Gasteiger partial charge in [-0.1, -0.05) is 37.3 Å². The van der Waals surface area contributed by atoms with Gasteiger partial charge in [0.1, 0.15) is 0 Å². The third kappa shape index (κ3) is 2.98. The van der Waals surface area contributed by atoms with E-state index in [1.807, 2.05) is 18.2 Å². The van der Waals surface area contributed by atoms with Crippen molar-refractivity contribution in [1.82, 2.24) is 0 Å². The van der Waals surface area contributed by atoms with Gasteiger partial charge in [-0.15, -0.1) is 0 Å². The van der Waals surface area contributed by atoms with Crippen LogP contribution in [0, 0.1) is 0 Å². The van der Waals surface area contributed by atoms with Crippen molar-refractivity contribution in [3.8, 4) is 0 Å². The van der Waals surface area contributed by atoms with E-state index in [1.165, 1.54) is 5.56 Å². The van der Waals surface area contributed by atoms with Crippen LogP contribution in [0.5, 0.6) is 0 Å². The van der Waals surface area contributed by atoms with Crippen LogP contribution in [-0.4, -0.2) is 7.11 Å². The van der Waals surface area contributed by atoms with E-state index in [-0.39, 0.29) is 23.2 Å². The average molecular weight is 206 g/mol. The summed E-state index contributed by atoms with van der Waals surface area (Å²) >= 11 is 0. The zero-order valence-corrected chi connectivity index (χ0v) is 8.54. The first-order chi connectivity index (χ1) is 5.38. The molecule has 0 spiro atoms. The Kier molecular flexibility index (Phi) is 6.09. The van der Waals surface area contributed by atoms with Gasteiger partial charge in [0.25, 0.3) is 0 Å². The number of benzene rings is 1. The van der Waals surface area contributed by atoms with Crippen molar-refractivity contribution in [1.29, 1.82) is 0 Å². The Balaban J connectivity index is 0.00000121. The molecule has 0 radical (unpaired) electrons. The molecule has 0 aliphatic carbocycles. The fourth-order valence-electron chi connectivity index (χ4n) is 1.21. The fourth-order valence-corrected chi connectivity index (χ4v) is 1.21. The topological polar surface area (TPSA) is 9.23 Å². The molecule has 0 amide bonds. The minimum Gasteiger partial charge on any atom is -0.377 e. The van der Waals surface area contributed by atoms with Crippen LogP contribution in [0.15, 0.2) is 30.3 Å². The zero-order valence-electron chi connectivity index (χ0n) is 7.43. The first-order valence-electron chi connectivity index (χ1n) is 3.96. The van der Waals surface area contributed by atoms with Crippen LogP contribution in [0.1, 0.15) is 25.0 Å². The van der Waals surface area contributed by atoms with Gasteiger partial charge in [-0.3, -0.25) is 0 Å². The van der Waals surface area contributed by atoms with Gasteiger partial charge in [0.2, 0.25) is 0 Å². The molecule has 0 saturated heterocycles. The number of hydrogen-bond acceptors (Lipinski definition) is 1. The Labute approximate surface area is 84.6 Å². The second-order valence-electron chi connectivity index (χ2n) is 2.54. The smallest absolute Gasteiger partial charge is 0.0818 e. The van der Waals surface area contributed by atoms with Gasteiger partial charge in [0.15, 0.2) is 0 Å². The molecule has 1 aromatic rings. The van der Waals surface area contributed by atoms with E-state index in [4.69, 9.17) is 4.74 Å². The summed E-state index contributed by atoms with van der Waals surface area (Å²) in [5, 5.41) is 0. The maximum atomic E-state index is 5.29. The summed E-state index contributed by atoms with van der Waals surface area (Å²) in [6.07, 6.45) is 1.29. The summed E-state index contributed by atoms with van der Waals surface area (Å²) in [5.41, 5.74) is 1.26. The van der Waals surface area contributed by atoms with E-state index >= 15 is 0 Å². The summed E-state index contributed by atoms with van der Waals surface area (Å²) in [5.74, 6) is 0. The van der Waals surface area contributed by atoms with E-state index in [0.717, 1.165) is 6.42 Å². The molecule has 1 unspecified atom stereocenters. The van der Waals surface area contributed by atoms with Crippen molar-refractivity contribution in [2.75, 3.05) is 7.11 Å². The second-order valence-corrected chi connectivity index (χ2v) is 2.54. The molecule has 12 heavy (non-hydrogen) atoms. The zero-order chi connectivity index (χ0) is 8.10. The van der Waals surface area contributed by atoms with E-state index in [1.54, 1.807) is 7.11 Å². The number of methoxy groups -OCH3 is 1. The fraction of sp³-hybridized carbons (Fsp3) is 0.400. The quantitative estimate of drug-likeness (QED) is 0.691. The normalized spacial score (nSPS) is 11.8. The molecule has 0 heterocycles. The van der Waals surface area contributed by atoms with Crippen molar-refractivity contribution in [3.63, 3.8) is 0 Å². The molecule has 0 aromatic heterocycles.